The maximum atomic E-state index is 4.00. The number of hydrogen-bond donors (Lipinski definition) is 2. The molecule has 1 aromatic rings. The van der Waals surface area contributed by atoms with E-state index in [2.05, 4.69) is 42.8 Å². The van der Waals surface area contributed by atoms with Gasteiger partial charge >= 0.3 is 0 Å². The van der Waals surface area contributed by atoms with Gasteiger partial charge in [-0.2, -0.15) is 0 Å². The van der Waals surface area contributed by atoms with Gasteiger partial charge in [0, 0.05) is 5.70 Å². The van der Waals surface area contributed by atoms with Crippen molar-refractivity contribution in [2.45, 2.75) is 12.5 Å². The lowest BCUT2D eigenvalue weighted by atomic mass is 9.90. The zero-order chi connectivity index (χ0) is 10.2. The van der Waals surface area contributed by atoms with Gasteiger partial charge in [0.15, 0.2) is 0 Å². The van der Waals surface area contributed by atoms with E-state index in [9.17, 15) is 0 Å². The van der Waals surface area contributed by atoms with E-state index in [4.69, 9.17) is 0 Å². The van der Waals surface area contributed by atoms with Crippen LogP contribution in [0.5, 0.6) is 0 Å². The summed E-state index contributed by atoms with van der Waals surface area (Å²) in [5, 5.41) is 6.40. The second kappa shape index (κ2) is 2.91. The van der Waals surface area contributed by atoms with Crippen molar-refractivity contribution >= 4 is 0 Å². The van der Waals surface area contributed by atoms with Gasteiger partial charge in [-0.3, -0.25) is 0 Å². The molecule has 14 heavy (non-hydrogen) atoms. The van der Waals surface area contributed by atoms with Gasteiger partial charge in [0.25, 0.3) is 0 Å². The summed E-state index contributed by atoms with van der Waals surface area (Å²) in [4.78, 5) is 0. The molecule has 0 radical (unpaired) electrons. The predicted octanol–water partition coefficient (Wildman–Crippen LogP) is 2.08. The topological polar surface area (TPSA) is 24.1 Å². The van der Waals surface area contributed by atoms with E-state index in [-0.39, 0.29) is 5.54 Å². The fraction of sp³-hybridized carbons (Fsp3) is 0.167. The van der Waals surface area contributed by atoms with Crippen LogP contribution in [0.2, 0.25) is 0 Å². The molecule has 0 spiro atoms. The highest BCUT2D eigenvalue weighted by Crippen LogP contribution is 2.31. The van der Waals surface area contributed by atoms with Crippen molar-refractivity contribution in [3.8, 4) is 0 Å². The van der Waals surface area contributed by atoms with Crippen LogP contribution in [-0.4, -0.2) is 0 Å². The summed E-state index contributed by atoms with van der Waals surface area (Å²) in [5.41, 5.74) is 1.89. The molecule has 1 saturated heterocycles. The molecule has 0 bridgehead atoms. The molecule has 2 rings (SSSR count). The molecule has 1 fully saturated rings. The Balaban J connectivity index is 2.43. The summed E-state index contributed by atoms with van der Waals surface area (Å²) in [6.07, 6.45) is 0. The molecule has 1 unspecified atom stereocenters. The number of hydrogen-bond acceptors (Lipinski definition) is 2. The molecule has 1 aliphatic rings. The minimum Gasteiger partial charge on any atom is -0.357 e. The molecule has 0 aromatic heterocycles. The van der Waals surface area contributed by atoms with Crippen LogP contribution in [0.25, 0.3) is 0 Å². The van der Waals surface area contributed by atoms with E-state index >= 15 is 0 Å². The predicted molar refractivity (Wildman–Crippen MR) is 58.3 cm³/mol. The Morgan fingerprint density at radius 3 is 2.29 bits per heavy atom. The van der Waals surface area contributed by atoms with E-state index in [1.165, 1.54) is 5.56 Å². The third-order valence-corrected chi connectivity index (χ3v) is 2.66. The Morgan fingerprint density at radius 2 is 1.79 bits per heavy atom. The van der Waals surface area contributed by atoms with Crippen molar-refractivity contribution in [1.29, 1.82) is 0 Å². The summed E-state index contributed by atoms with van der Waals surface area (Å²) in [6, 6.07) is 10.2. The third-order valence-electron chi connectivity index (χ3n) is 2.66. The van der Waals surface area contributed by atoms with Gasteiger partial charge in [0.05, 0.1) is 5.82 Å². The van der Waals surface area contributed by atoms with Crippen molar-refractivity contribution < 1.29 is 0 Å². The Labute approximate surface area is 84.3 Å². The van der Waals surface area contributed by atoms with Crippen LogP contribution >= 0.6 is 0 Å². The van der Waals surface area contributed by atoms with Gasteiger partial charge in [-0.05, 0) is 12.5 Å². The zero-order valence-electron chi connectivity index (χ0n) is 8.30. The van der Waals surface area contributed by atoms with Crippen LogP contribution < -0.4 is 10.6 Å². The largest absolute Gasteiger partial charge is 0.357 e. The van der Waals surface area contributed by atoms with Crippen molar-refractivity contribution in [3.63, 3.8) is 0 Å². The second-order valence-corrected chi connectivity index (χ2v) is 3.70. The summed E-state index contributed by atoms with van der Waals surface area (Å²) in [5.74, 6) is 0.807. The smallest absolute Gasteiger partial charge is 0.101 e. The van der Waals surface area contributed by atoms with Crippen LogP contribution in [0, 0.1) is 0 Å². The molecule has 1 heterocycles. The quantitative estimate of drug-likeness (QED) is 0.701. The maximum Gasteiger partial charge on any atom is 0.101 e. The molecule has 0 saturated carbocycles. The van der Waals surface area contributed by atoms with Crippen molar-refractivity contribution in [2.24, 2.45) is 0 Å². The molecule has 2 nitrogen and oxygen atoms in total. The molecule has 1 aromatic carbocycles. The molecule has 2 N–H and O–H groups in total. The lowest BCUT2D eigenvalue weighted by Gasteiger charge is -2.25. The van der Waals surface area contributed by atoms with Crippen molar-refractivity contribution in [2.75, 3.05) is 0 Å². The molecular formula is C12H14N2. The Hall–Kier alpha value is -1.70. The van der Waals surface area contributed by atoms with Gasteiger partial charge in [-0.1, -0.05) is 43.5 Å². The second-order valence-electron chi connectivity index (χ2n) is 3.70. The number of rotatable bonds is 1. The van der Waals surface area contributed by atoms with E-state index in [1.807, 2.05) is 18.2 Å². The zero-order valence-corrected chi connectivity index (χ0v) is 8.30. The summed E-state index contributed by atoms with van der Waals surface area (Å²) in [6.45, 7) is 9.94. The SMILES string of the molecule is C=C1NC(=C)C(C)(c2ccccc2)N1. The van der Waals surface area contributed by atoms with E-state index in [0.29, 0.717) is 0 Å². The average molecular weight is 186 g/mol. The van der Waals surface area contributed by atoms with Gasteiger partial charge in [0.1, 0.15) is 5.54 Å². The van der Waals surface area contributed by atoms with E-state index in [1.54, 1.807) is 0 Å². The first kappa shape index (κ1) is 8.88. The van der Waals surface area contributed by atoms with Crippen LogP contribution in [0.4, 0.5) is 0 Å². The molecule has 72 valence electrons. The summed E-state index contributed by atoms with van der Waals surface area (Å²) in [7, 11) is 0. The Morgan fingerprint density at radius 1 is 1.14 bits per heavy atom. The molecule has 2 heteroatoms. The lowest BCUT2D eigenvalue weighted by Crippen LogP contribution is -2.33. The standard InChI is InChI=1S/C12H14N2/c1-9-12(3,14-10(2)13-9)11-7-5-4-6-8-11/h4-8,13-14H,1-2H2,3H3. The first-order valence-electron chi connectivity index (χ1n) is 4.62. The highest BCUT2D eigenvalue weighted by Gasteiger charge is 2.35. The summed E-state index contributed by atoms with van der Waals surface area (Å²) >= 11 is 0. The maximum absolute atomic E-state index is 4.00. The molecule has 1 atom stereocenters. The van der Waals surface area contributed by atoms with E-state index < -0.39 is 0 Å². The molecule has 1 aliphatic heterocycles. The van der Waals surface area contributed by atoms with Crippen LogP contribution in [0.3, 0.4) is 0 Å². The highest BCUT2D eigenvalue weighted by atomic mass is 15.2. The Kier molecular flexibility index (Phi) is 1.84. The van der Waals surface area contributed by atoms with Gasteiger partial charge < -0.3 is 10.6 Å². The normalized spacial score (nSPS) is 25.8. The molecule has 0 aliphatic carbocycles. The fourth-order valence-corrected chi connectivity index (χ4v) is 1.73. The first-order valence-corrected chi connectivity index (χ1v) is 4.62. The highest BCUT2D eigenvalue weighted by molar-refractivity contribution is 5.38. The minimum atomic E-state index is -0.238. The number of benzene rings is 1. The van der Waals surface area contributed by atoms with Crippen molar-refractivity contribution in [1.82, 2.24) is 10.6 Å². The van der Waals surface area contributed by atoms with Crippen LogP contribution in [0.1, 0.15) is 12.5 Å². The molecular weight excluding hydrogens is 172 g/mol. The number of nitrogens with one attached hydrogen (secondary N) is 2. The van der Waals surface area contributed by atoms with Gasteiger partial charge in [0.2, 0.25) is 0 Å². The fourth-order valence-electron chi connectivity index (χ4n) is 1.73. The monoisotopic (exact) mass is 186 g/mol. The lowest BCUT2D eigenvalue weighted by molar-refractivity contribution is 0.528. The first-order chi connectivity index (χ1) is 6.63. The van der Waals surface area contributed by atoms with Gasteiger partial charge in [-0.25, -0.2) is 0 Å². The summed E-state index contributed by atoms with van der Waals surface area (Å²) < 4.78 is 0. The minimum absolute atomic E-state index is 0.238. The molecule has 0 amide bonds. The van der Waals surface area contributed by atoms with Crippen LogP contribution in [-0.2, 0) is 5.54 Å². The Bertz CT molecular complexity index is 381. The average Bonchev–Trinajstić information content (AvgIpc) is 2.43. The third kappa shape index (κ3) is 1.20. The van der Waals surface area contributed by atoms with E-state index in [0.717, 1.165) is 11.5 Å². The van der Waals surface area contributed by atoms with Crippen molar-refractivity contribution in [3.05, 3.63) is 60.6 Å². The van der Waals surface area contributed by atoms with Gasteiger partial charge in [-0.15, -0.1) is 0 Å². The van der Waals surface area contributed by atoms with Crippen LogP contribution in [0.15, 0.2) is 55.0 Å².